The SMILES string of the molecule is Oc1ccc2c(c1)CCC[C@H]2O. The second-order valence-corrected chi connectivity index (χ2v) is 3.29. The summed E-state index contributed by atoms with van der Waals surface area (Å²) >= 11 is 0. The highest BCUT2D eigenvalue weighted by molar-refractivity contribution is 5.37. The predicted molar refractivity (Wildman–Crippen MR) is 46.0 cm³/mol. The summed E-state index contributed by atoms with van der Waals surface area (Å²) in [5.74, 6) is 0.294. The van der Waals surface area contributed by atoms with Gasteiger partial charge < -0.3 is 10.2 Å². The largest absolute Gasteiger partial charge is 0.508 e. The van der Waals surface area contributed by atoms with Crippen LogP contribution in [0.2, 0.25) is 0 Å². The van der Waals surface area contributed by atoms with E-state index < -0.39 is 0 Å². The van der Waals surface area contributed by atoms with Gasteiger partial charge in [0.25, 0.3) is 0 Å². The molecule has 0 radical (unpaired) electrons. The number of phenolic OH excluding ortho intramolecular Hbond substituents is 1. The van der Waals surface area contributed by atoms with Gasteiger partial charge in [0.15, 0.2) is 0 Å². The van der Waals surface area contributed by atoms with Gasteiger partial charge in [-0.3, -0.25) is 0 Å². The van der Waals surface area contributed by atoms with Gasteiger partial charge in [-0.2, -0.15) is 0 Å². The molecule has 0 amide bonds. The van der Waals surface area contributed by atoms with E-state index in [0.29, 0.717) is 5.75 Å². The fraction of sp³-hybridized carbons (Fsp3) is 0.400. The van der Waals surface area contributed by atoms with E-state index in [1.807, 2.05) is 6.07 Å². The number of hydrogen-bond acceptors (Lipinski definition) is 2. The lowest BCUT2D eigenvalue weighted by atomic mass is 9.89. The monoisotopic (exact) mass is 164 g/mol. The van der Waals surface area contributed by atoms with E-state index >= 15 is 0 Å². The predicted octanol–water partition coefficient (Wildman–Crippen LogP) is 1.76. The lowest BCUT2D eigenvalue weighted by Crippen LogP contribution is -2.08. The molecule has 12 heavy (non-hydrogen) atoms. The molecule has 2 nitrogen and oxygen atoms in total. The summed E-state index contributed by atoms with van der Waals surface area (Å²) in [5.41, 5.74) is 2.08. The summed E-state index contributed by atoms with van der Waals surface area (Å²) in [5, 5.41) is 18.8. The first-order chi connectivity index (χ1) is 5.77. The maximum Gasteiger partial charge on any atom is 0.115 e. The Morgan fingerprint density at radius 2 is 2.17 bits per heavy atom. The molecule has 1 aliphatic carbocycles. The quantitative estimate of drug-likeness (QED) is 0.613. The molecule has 0 unspecified atom stereocenters. The average molecular weight is 164 g/mol. The molecule has 0 bridgehead atoms. The van der Waals surface area contributed by atoms with Gasteiger partial charge >= 0.3 is 0 Å². The summed E-state index contributed by atoms with van der Waals surface area (Å²) in [6, 6.07) is 5.19. The molecule has 2 N–H and O–H groups in total. The Morgan fingerprint density at radius 1 is 1.33 bits per heavy atom. The van der Waals surface area contributed by atoms with Crippen LogP contribution in [0.25, 0.3) is 0 Å². The van der Waals surface area contributed by atoms with Crippen molar-refractivity contribution < 1.29 is 10.2 Å². The van der Waals surface area contributed by atoms with E-state index in [-0.39, 0.29) is 6.10 Å². The van der Waals surface area contributed by atoms with Crippen molar-refractivity contribution in [1.82, 2.24) is 0 Å². The molecule has 1 aromatic carbocycles. The summed E-state index contributed by atoms with van der Waals surface area (Å²) in [6.45, 7) is 0. The molecule has 0 saturated carbocycles. The zero-order valence-electron chi connectivity index (χ0n) is 6.83. The number of aliphatic hydroxyl groups is 1. The van der Waals surface area contributed by atoms with Crippen molar-refractivity contribution >= 4 is 0 Å². The molecule has 0 fully saturated rings. The van der Waals surface area contributed by atoms with Crippen molar-refractivity contribution in [3.05, 3.63) is 29.3 Å². The van der Waals surface area contributed by atoms with Crippen molar-refractivity contribution in [2.24, 2.45) is 0 Å². The van der Waals surface area contributed by atoms with Gasteiger partial charge in [0, 0.05) is 0 Å². The van der Waals surface area contributed by atoms with Crippen LogP contribution in [0.4, 0.5) is 0 Å². The fourth-order valence-electron chi connectivity index (χ4n) is 1.78. The summed E-state index contributed by atoms with van der Waals surface area (Å²) in [7, 11) is 0. The van der Waals surface area contributed by atoms with E-state index in [2.05, 4.69) is 0 Å². The van der Waals surface area contributed by atoms with Crippen LogP contribution in [-0.2, 0) is 6.42 Å². The van der Waals surface area contributed by atoms with Crippen LogP contribution in [0.3, 0.4) is 0 Å². The first kappa shape index (κ1) is 7.62. The maximum atomic E-state index is 9.57. The normalized spacial score (nSPS) is 21.9. The molecule has 0 aromatic heterocycles. The highest BCUT2D eigenvalue weighted by Crippen LogP contribution is 2.31. The van der Waals surface area contributed by atoms with Gasteiger partial charge in [0.1, 0.15) is 5.75 Å². The highest BCUT2D eigenvalue weighted by atomic mass is 16.3. The fourth-order valence-corrected chi connectivity index (χ4v) is 1.78. The first-order valence-electron chi connectivity index (χ1n) is 4.27. The highest BCUT2D eigenvalue weighted by Gasteiger charge is 2.17. The summed E-state index contributed by atoms with van der Waals surface area (Å²) < 4.78 is 0. The number of aromatic hydroxyl groups is 1. The van der Waals surface area contributed by atoms with Crippen molar-refractivity contribution in [3.8, 4) is 5.75 Å². The average Bonchev–Trinajstić information content (AvgIpc) is 2.04. The molecule has 1 atom stereocenters. The lowest BCUT2D eigenvalue weighted by Gasteiger charge is -2.20. The Balaban J connectivity index is 2.46. The zero-order chi connectivity index (χ0) is 8.55. The molecule has 0 saturated heterocycles. The van der Waals surface area contributed by atoms with Crippen LogP contribution in [0.1, 0.15) is 30.1 Å². The Labute approximate surface area is 71.5 Å². The molecule has 2 rings (SSSR count). The third-order valence-electron chi connectivity index (χ3n) is 2.41. The summed E-state index contributed by atoms with van der Waals surface area (Å²) in [4.78, 5) is 0. The second-order valence-electron chi connectivity index (χ2n) is 3.29. The standard InChI is InChI=1S/C10H12O2/c11-8-4-5-9-7(6-8)2-1-3-10(9)12/h4-6,10-12H,1-3H2/t10-/m1/s1. The van der Waals surface area contributed by atoms with Crippen LogP contribution in [0.15, 0.2) is 18.2 Å². The van der Waals surface area contributed by atoms with Gasteiger partial charge in [-0.25, -0.2) is 0 Å². The molecule has 1 aromatic rings. The Bertz CT molecular complexity index is 294. The number of hydrogen-bond donors (Lipinski definition) is 2. The Hall–Kier alpha value is -1.02. The molecule has 64 valence electrons. The van der Waals surface area contributed by atoms with Crippen LogP contribution < -0.4 is 0 Å². The Kier molecular flexibility index (Phi) is 1.77. The van der Waals surface area contributed by atoms with Gasteiger partial charge in [-0.05, 0) is 42.5 Å². The molecule has 2 heteroatoms. The molecule has 1 aliphatic rings. The number of rotatable bonds is 0. The van der Waals surface area contributed by atoms with Crippen LogP contribution in [-0.4, -0.2) is 10.2 Å². The molecular weight excluding hydrogens is 152 g/mol. The number of aliphatic hydroxyl groups excluding tert-OH is 1. The van der Waals surface area contributed by atoms with E-state index in [1.54, 1.807) is 12.1 Å². The van der Waals surface area contributed by atoms with Gasteiger partial charge in [-0.15, -0.1) is 0 Å². The molecule has 0 heterocycles. The molecular formula is C10H12O2. The van der Waals surface area contributed by atoms with E-state index in [4.69, 9.17) is 0 Å². The maximum absolute atomic E-state index is 9.57. The third-order valence-corrected chi connectivity index (χ3v) is 2.41. The second kappa shape index (κ2) is 2.79. The van der Waals surface area contributed by atoms with Crippen LogP contribution >= 0.6 is 0 Å². The van der Waals surface area contributed by atoms with Crippen molar-refractivity contribution in [2.45, 2.75) is 25.4 Å². The van der Waals surface area contributed by atoms with Crippen molar-refractivity contribution in [3.63, 3.8) is 0 Å². The van der Waals surface area contributed by atoms with E-state index in [1.165, 1.54) is 0 Å². The minimum atomic E-state index is -0.325. The lowest BCUT2D eigenvalue weighted by molar-refractivity contribution is 0.156. The number of benzene rings is 1. The third kappa shape index (κ3) is 1.18. The Morgan fingerprint density at radius 3 is 3.00 bits per heavy atom. The number of fused-ring (bicyclic) bond motifs is 1. The number of aryl methyl sites for hydroxylation is 1. The van der Waals surface area contributed by atoms with E-state index in [0.717, 1.165) is 30.4 Å². The van der Waals surface area contributed by atoms with E-state index in [9.17, 15) is 10.2 Å². The molecule has 0 aliphatic heterocycles. The van der Waals surface area contributed by atoms with Crippen molar-refractivity contribution in [2.75, 3.05) is 0 Å². The van der Waals surface area contributed by atoms with Gasteiger partial charge in [0.2, 0.25) is 0 Å². The van der Waals surface area contributed by atoms with Crippen LogP contribution in [0, 0.1) is 0 Å². The topological polar surface area (TPSA) is 40.5 Å². The minimum Gasteiger partial charge on any atom is -0.508 e. The smallest absolute Gasteiger partial charge is 0.115 e. The van der Waals surface area contributed by atoms with Crippen molar-refractivity contribution in [1.29, 1.82) is 0 Å². The zero-order valence-corrected chi connectivity index (χ0v) is 6.83. The minimum absolute atomic E-state index is 0.294. The van der Waals surface area contributed by atoms with Gasteiger partial charge in [-0.1, -0.05) is 6.07 Å². The van der Waals surface area contributed by atoms with Crippen LogP contribution in [0.5, 0.6) is 5.75 Å². The first-order valence-corrected chi connectivity index (χ1v) is 4.27. The van der Waals surface area contributed by atoms with Gasteiger partial charge in [0.05, 0.1) is 6.10 Å². The molecule has 0 spiro atoms. The number of phenols is 1. The summed E-state index contributed by atoms with van der Waals surface area (Å²) in [6.07, 6.45) is 2.50.